The number of nitrogens with zero attached hydrogens (tertiary/aromatic N) is 1. The van der Waals surface area contributed by atoms with Gasteiger partial charge in [-0.25, -0.2) is 0 Å². The van der Waals surface area contributed by atoms with Crippen molar-refractivity contribution in [2.75, 3.05) is 12.8 Å². The minimum atomic E-state index is -0.159. The van der Waals surface area contributed by atoms with Gasteiger partial charge in [-0.1, -0.05) is 35.3 Å². The lowest BCUT2D eigenvalue weighted by Gasteiger charge is -2.17. The minimum Gasteiger partial charge on any atom is -0.397 e. The number of anilines is 1. The highest BCUT2D eigenvalue weighted by Gasteiger charge is 2.15. The van der Waals surface area contributed by atoms with Crippen LogP contribution in [0.2, 0.25) is 10.0 Å². The third-order valence-corrected chi connectivity index (χ3v) is 3.58. The smallest absolute Gasteiger partial charge is 0.270 e. The Morgan fingerprint density at radius 1 is 1.42 bits per heavy atom. The molecule has 1 amide bonds. The van der Waals surface area contributed by atoms with Crippen LogP contribution in [-0.2, 0) is 6.54 Å². The monoisotopic (exact) mass is 297 g/mol. The standard InChI is InChI=1S/C13H13Cl2N3O/c1-18(13(19)11-5-9(16)6-17-11)7-8-3-2-4-10(14)12(8)15/h2-6,17H,7,16H2,1H3. The van der Waals surface area contributed by atoms with E-state index in [0.717, 1.165) is 5.56 Å². The fourth-order valence-electron chi connectivity index (χ4n) is 1.74. The fraction of sp³-hybridized carbons (Fsp3) is 0.154. The summed E-state index contributed by atoms with van der Waals surface area (Å²) in [5, 5.41) is 0.943. The summed E-state index contributed by atoms with van der Waals surface area (Å²) in [6.07, 6.45) is 1.58. The molecule has 0 unspecified atom stereocenters. The van der Waals surface area contributed by atoms with Crippen molar-refractivity contribution < 1.29 is 4.79 Å². The van der Waals surface area contributed by atoms with Gasteiger partial charge >= 0.3 is 0 Å². The number of nitrogens with one attached hydrogen (secondary N) is 1. The molecule has 1 aromatic carbocycles. The van der Waals surface area contributed by atoms with Crippen LogP contribution in [0.25, 0.3) is 0 Å². The first-order valence-electron chi connectivity index (χ1n) is 5.61. The molecule has 0 radical (unpaired) electrons. The average molecular weight is 298 g/mol. The maximum Gasteiger partial charge on any atom is 0.270 e. The molecule has 0 aliphatic rings. The molecule has 0 bridgehead atoms. The first-order valence-corrected chi connectivity index (χ1v) is 6.37. The summed E-state index contributed by atoms with van der Waals surface area (Å²) in [6, 6.07) is 6.94. The maximum atomic E-state index is 12.1. The van der Waals surface area contributed by atoms with E-state index in [-0.39, 0.29) is 5.91 Å². The highest BCUT2D eigenvalue weighted by molar-refractivity contribution is 6.42. The first kappa shape index (κ1) is 13.8. The number of carbonyl (C=O) groups is 1. The zero-order valence-corrected chi connectivity index (χ0v) is 11.8. The molecule has 6 heteroatoms. The normalized spacial score (nSPS) is 10.5. The van der Waals surface area contributed by atoms with Gasteiger partial charge < -0.3 is 15.6 Å². The van der Waals surface area contributed by atoms with Crippen molar-refractivity contribution >= 4 is 34.8 Å². The number of aromatic nitrogens is 1. The van der Waals surface area contributed by atoms with Crippen molar-refractivity contribution in [3.05, 3.63) is 51.8 Å². The Bertz CT molecular complexity index is 610. The molecule has 4 nitrogen and oxygen atoms in total. The van der Waals surface area contributed by atoms with Crippen LogP contribution >= 0.6 is 23.2 Å². The van der Waals surface area contributed by atoms with E-state index in [1.165, 1.54) is 0 Å². The molecular weight excluding hydrogens is 285 g/mol. The molecule has 2 rings (SSSR count). The van der Waals surface area contributed by atoms with Crippen LogP contribution in [0, 0.1) is 0 Å². The lowest BCUT2D eigenvalue weighted by molar-refractivity contribution is 0.0780. The number of halogens is 2. The van der Waals surface area contributed by atoms with E-state index in [9.17, 15) is 4.79 Å². The van der Waals surface area contributed by atoms with Crippen LogP contribution < -0.4 is 5.73 Å². The first-order chi connectivity index (χ1) is 8.99. The van der Waals surface area contributed by atoms with E-state index in [1.807, 2.05) is 6.07 Å². The van der Waals surface area contributed by atoms with Crippen LogP contribution in [0.1, 0.15) is 16.1 Å². The average Bonchev–Trinajstić information content (AvgIpc) is 2.80. The number of benzene rings is 1. The van der Waals surface area contributed by atoms with Crippen LogP contribution in [0.15, 0.2) is 30.5 Å². The largest absolute Gasteiger partial charge is 0.397 e. The van der Waals surface area contributed by atoms with Crippen LogP contribution in [0.3, 0.4) is 0 Å². The van der Waals surface area contributed by atoms with Gasteiger partial charge in [0.15, 0.2) is 0 Å². The Labute approximate surface area is 121 Å². The zero-order chi connectivity index (χ0) is 14.0. The number of H-pyrrole nitrogens is 1. The highest BCUT2D eigenvalue weighted by Crippen LogP contribution is 2.26. The zero-order valence-electron chi connectivity index (χ0n) is 10.3. The van der Waals surface area contributed by atoms with Crippen LogP contribution in [-0.4, -0.2) is 22.8 Å². The summed E-state index contributed by atoms with van der Waals surface area (Å²) in [4.78, 5) is 16.5. The molecular formula is C13H13Cl2N3O. The number of hydrogen-bond acceptors (Lipinski definition) is 2. The van der Waals surface area contributed by atoms with Crippen molar-refractivity contribution in [1.82, 2.24) is 9.88 Å². The number of nitrogen functional groups attached to an aromatic ring is 1. The third kappa shape index (κ3) is 3.03. The molecule has 1 aromatic heterocycles. The molecule has 0 saturated heterocycles. The van der Waals surface area contributed by atoms with Crippen molar-refractivity contribution in [2.24, 2.45) is 0 Å². The van der Waals surface area contributed by atoms with Gasteiger partial charge in [0.1, 0.15) is 5.69 Å². The maximum absolute atomic E-state index is 12.1. The molecule has 19 heavy (non-hydrogen) atoms. The summed E-state index contributed by atoms with van der Waals surface area (Å²) >= 11 is 12.0. The molecule has 3 N–H and O–H groups in total. The van der Waals surface area contributed by atoms with Crippen molar-refractivity contribution in [2.45, 2.75) is 6.54 Å². The van der Waals surface area contributed by atoms with Crippen molar-refractivity contribution in [3.8, 4) is 0 Å². The Kier molecular flexibility index (Phi) is 4.02. The van der Waals surface area contributed by atoms with Crippen molar-refractivity contribution in [1.29, 1.82) is 0 Å². The molecule has 0 atom stereocenters. The number of carbonyl (C=O) groups excluding carboxylic acids is 1. The second kappa shape index (κ2) is 5.55. The van der Waals surface area contributed by atoms with Crippen LogP contribution in [0.4, 0.5) is 5.69 Å². The quantitative estimate of drug-likeness (QED) is 0.914. The molecule has 0 spiro atoms. The summed E-state index contributed by atoms with van der Waals surface area (Å²) in [7, 11) is 1.69. The second-order valence-corrected chi connectivity index (χ2v) is 5.01. The van der Waals surface area contributed by atoms with Gasteiger partial charge in [0, 0.05) is 25.5 Å². The Hall–Kier alpha value is -1.65. The van der Waals surface area contributed by atoms with Gasteiger partial charge in [0.2, 0.25) is 0 Å². The van der Waals surface area contributed by atoms with E-state index in [2.05, 4.69) is 4.98 Å². The van der Waals surface area contributed by atoms with E-state index in [4.69, 9.17) is 28.9 Å². The summed E-state index contributed by atoms with van der Waals surface area (Å²) in [5.74, 6) is -0.159. The van der Waals surface area contributed by atoms with Gasteiger partial charge in [-0.2, -0.15) is 0 Å². The van der Waals surface area contributed by atoms with E-state index in [0.29, 0.717) is 28.0 Å². The Morgan fingerprint density at radius 3 is 2.79 bits per heavy atom. The Morgan fingerprint density at radius 2 is 2.16 bits per heavy atom. The van der Waals surface area contributed by atoms with Gasteiger partial charge in [-0.15, -0.1) is 0 Å². The number of rotatable bonds is 3. The molecule has 0 fully saturated rings. The molecule has 1 heterocycles. The molecule has 0 aliphatic heterocycles. The summed E-state index contributed by atoms with van der Waals surface area (Å²) < 4.78 is 0. The predicted octanol–water partition coefficient (Wildman–Crippen LogP) is 3.18. The lowest BCUT2D eigenvalue weighted by atomic mass is 10.2. The Balaban J connectivity index is 2.15. The molecule has 0 saturated carbocycles. The lowest BCUT2D eigenvalue weighted by Crippen LogP contribution is -2.26. The topological polar surface area (TPSA) is 62.1 Å². The van der Waals surface area contributed by atoms with Gasteiger partial charge in [0.05, 0.1) is 10.0 Å². The SMILES string of the molecule is CN(Cc1cccc(Cl)c1Cl)C(=O)c1cc(N)c[nH]1. The number of amides is 1. The molecule has 100 valence electrons. The number of nitrogens with two attached hydrogens (primary N) is 1. The van der Waals surface area contributed by atoms with E-state index >= 15 is 0 Å². The van der Waals surface area contributed by atoms with Gasteiger partial charge in [0.25, 0.3) is 5.91 Å². The van der Waals surface area contributed by atoms with Gasteiger partial charge in [-0.3, -0.25) is 4.79 Å². The van der Waals surface area contributed by atoms with Crippen molar-refractivity contribution in [3.63, 3.8) is 0 Å². The minimum absolute atomic E-state index is 0.159. The number of aromatic amines is 1. The summed E-state index contributed by atoms with van der Waals surface area (Å²) in [5.41, 5.74) is 7.34. The van der Waals surface area contributed by atoms with E-state index in [1.54, 1.807) is 36.3 Å². The van der Waals surface area contributed by atoms with E-state index < -0.39 is 0 Å². The molecule has 0 aliphatic carbocycles. The van der Waals surface area contributed by atoms with Gasteiger partial charge in [-0.05, 0) is 17.7 Å². The second-order valence-electron chi connectivity index (χ2n) is 4.22. The molecule has 2 aromatic rings. The highest BCUT2D eigenvalue weighted by atomic mass is 35.5. The fourth-order valence-corrected chi connectivity index (χ4v) is 2.12. The predicted molar refractivity (Wildman–Crippen MR) is 77.5 cm³/mol. The van der Waals surface area contributed by atoms with Crippen LogP contribution in [0.5, 0.6) is 0 Å². The summed E-state index contributed by atoms with van der Waals surface area (Å²) in [6.45, 7) is 0.372. The number of hydrogen-bond donors (Lipinski definition) is 2. The third-order valence-electron chi connectivity index (χ3n) is 2.72.